The van der Waals surface area contributed by atoms with Crippen LogP contribution in [0.2, 0.25) is 0 Å². The number of hydrogen-bond donors (Lipinski definition) is 2. The maximum absolute atomic E-state index is 13.5. The Morgan fingerprint density at radius 3 is 2.72 bits per heavy atom. The van der Waals surface area contributed by atoms with Gasteiger partial charge in [-0.05, 0) is 42.9 Å². The molecule has 29 heavy (non-hydrogen) atoms. The predicted molar refractivity (Wildman–Crippen MR) is 130 cm³/mol. The Morgan fingerprint density at radius 1 is 1.38 bits per heavy atom. The van der Waals surface area contributed by atoms with Gasteiger partial charge in [0.2, 0.25) is 0 Å². The first-order valence-corrected chi connectivity index (χ1v) is 11.8. The van der Waals surface area contributed by atoms with Gasteiger partial charge < -0.3 is 15.5 Å². The fourth-order valence-electron chi connectivity index (χ4n) is 3.26. The zero-order chi connectivity index (χ0) is 20.8. The van der Waals surface area contributed by atoms with E-state index in [2.05, 4.69) is 20.5 Å². The largest absolute Gasteiger partial charge is 0.369 e. The summed E-state index contributed by atoms with van der Waals surface area (Å²) >= 11 is 0. The molecule has 1 aromatic rings. The fourth-order valence-corrected chi connectivity index (χ4v) is 4.19. The van der Waals surface area contributed by atoms with Crippen LogP contribution < -0.4 is 15.5 Å². The van der Waals surface area contributed by atoms with Crippen LogP contribution in [-0.4, -0.2) is 59.1 Å². The lowest BCUT2D eigenvalue weighted by atomic mass is 9.90. The number of aliphatic imine (C=N–C) groups is 1. The molecule has 1 heterocycles. The third-order valence-corrected chi connectivity index (χ3v) is 5.99. The van der Waals surface area contributed by atoms with Gasteiger partial charge in [-0.15, -0.1) is 24.0 Å². The van der Waals surface area contributed by atoms with Crippen LogP contribution in [0.15, 0.2) is 29.3 Å². The van der Waals surface area contributed by atoms with E-state index in [1.807, 2.05) is 19.9 Å². The summed E-state index contributed by atoms with van der Waals surface area (Å²) in [6.45, 7) is 6.41. The minimum Gasteiger partial charge on any atom is -0.369 e. The first kappa shape index (κ1) is 25.9. The first-order valence-electron chi connectivity index (χ1n) is 9.73. The lowest BCUT2D eigenvalue weighted by molar-refractivity contribution is 0.347. The molecule has 0 bridgehead atoms. The maximum Gasteiger partial charge on any atom is 0.191 e. The second-order valence-electron chi connectivity index (χ2n) is 8.38. The molecule has 1 aliphatic heterocycles. The van der Waals surface area contributed by atoms with Crippen LogP contribution in [0.5, 0.6) is 0 Å². The van der Waals surface area contributed by atoms with Crippen LogP contribution in [-0.2, 0) is 9.84 Å². The predicted octanol–water partition coefficient (Wildman–Crippen LogP) is 3.04. The Hall–Kier alpha value is -1.10. The first-order chi connectivity index (χ1) is 13.1. The molecular formula is C20H34FIN4O2S. The molecule has 0 saturated carbocycles. The summed E-state index contributed by atoms with van der Waals surface area (Å²) in [6, 6.07) is 6.91. The second-order valence-corrected chi connectivity index (χ2v) is 10.6. The van der Waals surface area contributed by atoms with Crippen molar-refractivity contribution in [3.8, 4) is 0 Å². The summed E-state index contributed by atoms with van der Waals surface area (Å²) in [4.78, 5) is 6.49. The third kappa shape index (κ3) is 9.50. The number of benzene rings is 1. The molecule has 1 aliphatic rings. The van der Waals surface area contributed by atoms with Gasteiger partial charge in [0.25, 0.3) is 0 Å². The number of anilines is 1. The van der Waals surface area contributed by atoms with Crippen molar-refractivity contribution in [3.05, 3.63) is 30.1 Å². The normalized spacial score (nSPS) is 18.2. The van der Waals surface area contributed by atoms with Crippen molar-refractivity contribution in [1.82, 2.24) is 10.6 Å². The van der Waals surface area contributed by atoms with E-state index < -0.39 is 9.84 Å². The molecule has 0 aliphatic carbocycles. The number of hydrogen-bond acceptors (Lipinski definition) is 4. The average Bonchev–Trinajstić information content (AvgIpc) is 2.63. The molecular weight excluding hydrogens is 506 g/mol. The van der Waals surface area contributed by atoms with Gasteiger partial charge in [-0.25, -0.2) is 12.8 Å². The van der Waals surface area contributed by atoms with Gasteiger partial charge >= 0.3 is 0 Å². The van der Waals surface area contributed by atoms with E-state index in [1.54, 1.807) is 19.2 Å². The molecule has 2 rings (SSSR count). The SMILES string of the molecule is CN=C(NCC(C)(C)CCS(C)(=O)=O)NC1CCCN(c2cccc(F)c2)C1.I. The minimum absolute atomic E-state index is 0. The van der Waals surface area contributed by atoms with E-state index in [-0.39, 0.29) is 47.0 Å². The molecule has 1 aromatic carbocycles. The van der Waals surface area contributed by atoms with Crippen LogP contribution >= 0.6 is 24.0 Å². The summed E-state index contributed by atoms with van der Waals surface area (Å²) in [6.07, 6.45) is 3.89. The van der Waals surface area contributed by atoms with Crippen molar-refractivity contribution in [2.45, 2.75) is 39.2 Å². The standard InChI is InChI=1S/C20H33FN4O2S.HI/c1-20(2,10-12-28(4,26)27)15-23-19(22-3)24-17-8-6-11-25(14-17)18-9-5-7-16(21)13-18;/h5,7,9,13,17H,6,8,10-12,14-15H2,1-4H3,(H2,22,23,24);1H. The molecule has 0 radical (unpaired) electrons. The number of rotatable bonds is 7. The number of nitrogens with zero attached hydrogens (tertiary/aromatic N) is 2. The van der Waals surface area contributed by atoms with Crippen LogP contribution in [0.1, 0.15) is 33.1 Å². The molecule has 1 fully saturated rings. The van der Waals surface area contributed by atoms with Crippen molar-refractivity contribution in [1.29, 1.82) is 0 Å². The fraction of sp³-hybridized carbons (Fsp3) is 0.650. The Morgan fingerprint density at radius 2 is 2.10 bits per heavy atom. The molecule has 2 N–H and O–H groups in total. The summed E-state index contributed by atoms with van der Waals surface area (Å²) in [7, 11) is -1.24. The monoisotopic (exact) mass is 540 g/mol. The maximum atomic E-state index is 13.5. The highest BCUT2D eigenvalue weighted by atomic mass is 127. The Kier molecular flexibility index (Phi) is 10.1. The van der Waals surface area contributed by atoms with Gasteiger partial charge in [-0.1, -0.05) is 19.9 Å². The highest BCUT2D eigenvalue weighted by Gasteiger charge is 2.23. The van der Waals surface area contributed by atoms with E-state index in [1.165, 1.54) is 12.3 Å². The molecule has 166 valence electrons. The lowest BCUT2D eigenvalue weighted by Gasteiger charge is -2.36. The minimum atomic E-state index is -2.97. The Labute approximate surface area is 191 Å². The molecule has 9 heteroatoms. The molecule has 0 aromatic heterocycles. The van der Waals surface area contributed by atoms with E-state index >= 15 is 0 Å². The summed E-state index contributed by atoms with van der Waals surface area (Å²) in [5.74, 6) is 0.666. The zero-order valence-corrected chi connectivity index (χ0v) is 20.9. The number of guanidine groups is 1. The number of nitrogens with one attached hydrogen (secondary N) is 2. The van der Waals surface area contributed by atoms with Gasteiger partial charge in [-0.2, -0.15) is 0 Å². The molecule has 1 atom stereocenters. The lowest BCUT2D eigenvalue weighted by Crippen LogP contribution is -2.52. The van der Waals surface area contributed by atoms with Crippen LogP contribution in [0.4, 0.5) is 10.1 Å². The van der Waals surface area contributed by atoms with E-state index in [0.717, 1.165) is 31.6 Å². The van der Waals surface area contributed by atoms with Crippen LogP contribution in [0.25, 0.3) is 0 Å². The van der Waals surface area contributed by atoms with E-state index in [9.17, 15) is 12.8 Å². The van der Waals surface area contributed by atoms with Crippen molar-refractivity contribution in [2.24, 2.45) is 10.4 Å². The quantitative estimate of drug-likeness (QED) is 0.316. The van der Waals surface area contributed by atoms with Crippen molar-refractivity contribution >= 4 is 45.5 Å². The molecule has 1 unspecified atom stereocenters. The number of piperidine rings is 1. The van der Waals surface area contributed by atoms with E-state index in [0.29, 0.717) is 18.9 Å². The highest BCUT2D eigenvalue weighted by molar-refractivity contribution is 14.0. The zero-order valence-electron chi connectivity index (χ0n) is 17.7. The Balaban J connectivity index is 0.00000420. The van der Waals surface area contributed by atoms with Gasteiger partial charge in [0.1, 0.15) is 15.7 Å². The topological polar surface area (TPSA) is 73.8 Å². The smallest absolute Gasteiger partial charge is 0.191 e. The van der Waals surface area contributed by atoms with Gasteiger partial charge in [-0.3, -0.25) is 4.99 Å². The number of sulfone groups is 1. The van der Waals surface area contributed by atoms with Gasteiger partial charge in [0.15, 0.2) is 5.96 Å². The van der Waals surface area contributed by atoms with Crippen molar-refractivity contribution in [2.75, 3.05) is 43.6 Å². The summed E-state index contributed by atoms with van der Waals surface area (Å²) in [5, 5.41) is 6.77. The van der Waals surface area contributed by atoms with Gasteiger partial charge in [0.05, 0.1) is 5.75 Å². The van der Waals surface area contributed by atoms with Crippen LogP contribution in [0.3, 0.4) is 0 Å². The third-order valence-electron chi connectivity index (χ3n) is 5.04. The summed E-state index contributed by atoms with van der Waals surface area (Å²) < 4.78 is 36.4. The van der Waals surface area contributed by atoms with E-state index in [4.69, 9.17) is 0 Å². The number of halogens is 2. The average molecular weight is 540 g/mol. The van der Waals surface area contributed by atoms with Crippen molar-refractivity contribution in [3.63, 3.8) is 0 Å². The highest BCUT2D eigenvalue weighted by Crippen LogP contribution is 2.21. The molecule has 6 nitrogen and oxygen atoms in total. The van der Waals surface area contributed by atoms with Crippen molar-refractivity contribution < 1.29 is 12.8 Å². The Bertz CT molecular complexity index is 786. The second kappa shape index (κ2) is 11.3. The van der Waals surface area contributed by atoms with Gasteiger partial charge in [0, 0.05) is 44.7 Å². The molecule has 0 amide bonds. The molecule has 1 saturated heterocycles. The summed E-state index contributed by atoms with van der Waals surface area (Å²) in [5.41, 5.74) is 0.734. The van der Waals surface area contributed by atoms with Crippen LogP contribution in [0, 0.1) is 11.2 Å². The molecule has 0 spiro atoms.